The molecule has 0 fully saturated rings. The third-order valence-corrected chi connectivity index (χ3v) is 4.32. The molecule has 0 bridgehead atoms. The third kappa shape index (κ3) is 0.971. The average molecular weight is 234 g/mol. The highest BCUT2D eigenvalue weighted by Crippen LogP contribution is 2.48. The standard InChI is InChI=1S/C17H14O/c1-17(18-2)13-7-3-5-11-9-10-12-6-4-8-14(17)16(12)15(11)13/h3-10H,1-2H3. The van der Waals surface area contributed by atoms with Crippen molar-refractivity contribution >= 4 is 21.5 Å². The summed E-state index contributed by atoms with van der Waals surface area (Å²) in [6, 6.07) is 17.4. The summed E-state index contributed by atoms with van der Waals surface area (Å²) in [5.74, 6) is 0. The van der Waals surface area contributed by atoms with Gasteiger partial charge in [-0.15, -0.1) is 0 Å². The van der Waals surface area contributed by atoms with Gasteiger partial charge in [-0.25, -0.2) is 0 Å². The highest BCUT2D eigenvalue weighted by Gasteiger charge is 2.37. The van der Waals surface area contributed by atoms with Gasteiger partial charge in [0.2, 0.25) is 0 Å². The minimum Gasteiger partial charge on any atom is -0.369 e. The molecule has 1 nitrogen and oxygen atoms in total. The molecule has 0 unspecified atom stereocenters. The molecule has 0 amide bonds. The monoisotopic (exact) mass is 234 g/mol. The van der Waals surface area contributed by atoms with E-state index in [2.05, 4.69) is 55.5 Å². The Labute approximate surface area is 106 Å². The van der Waals surface area contributed by atoms with Crippen LogP contribution in [0.2, 0.25) is 0 Å². The van der Waals surface area contributed by atoms with Crippen LogP contribution in [0.4, 0.5) is 0 Å². The molecule has 0 saturated heterocycles. The van der Waals surface area contributed by atoms with Crippen molar-refractivity contribution in [3.8, 4) is 0 Å². The van der Waals surface area contributed by atoms with Crippen LogP contribution in [0.25, 0.3) is 21.5 Å². The van der Waals surface area contributed by atoms with Gasteiger partial charge in [0.15, 0.2) is 0 Å². The van der Waals surface area contributed by atoms with Gasteiger partial charge in [-0.2, -0.15) is 0 Å². The molecule has 0 atom stereocenters. The molecule has 18 heavy (non-hydrogen) atoms. The Bertz CT molecular complexity index is 723. The summed E-state index contributed by atoms with van der Waals surface area (Å²) in [5, 5.41) is 5.31. The predicted molar refractivity (Wildman–Crippen MR) is 74.9 cm³/mol. The minimum absolute atomic E-state index is 0.317. The lowest BCUT2D eigenvalue weighted by Crippen LogP contribution is -2.22. The molecule has 0 saturated carbocycles. The van der Waals surface area contributed by atoms with Gasteiger partial charge in [-0.05, 0) is 39.6 Å². The molecule has 88 valence electrons. The molecular weight excluding hydrogens is 220 g/mol. The molecule has 3 aromatic rings. The summed E-state index contributed by atoms with van der Waals surface area (Å²) in [5.41, 5.74) is 2.26. The highest BCUT2D eigenvalue weighted by molar-refractivity contribution is 6.14. The Hall–Kier alpha value is -1.86. The summed E-state index contributed by atoms with van der Waals surface area (Å²) in [7, 11) is 1.80. The molecule has 0 aromatic heterocycles. The molecule has 3 aromatic carbocycles. The third-order valence-electron chi connectivity index (χ3n) is 4.32. The number of ether oxygens (including phenoxy) is 1. The molecule has 1 heteroatoms. The molecule has 1 aliphatic carbocycles. The Balaban J connectivity index is 2.35. The first-order valence-electron chi connectivity index (χ1n) is 6.26. The van der Waals surface area contributed by atoms with Crippen LogP contribution in [-0.2, 0) is 10.3 Å². The van der Waals surface area contributed by atoms with Gasteiger partial charge in [0, 0.05) is 7.11 Å². The highest BCUT2D eigenvalue weighted by atomic mass is 16.5. The first-order valence-corrected chi connectivity index (χ1v) is 6.26. The van der Waals surface area contributed by atoms with Gasteiger partial charge in [0.1, 0.15) is 5.60 Å². The van der Waals surface area contributed by atoms with Gasteiger partial charge in [-0.1, -0.05) is 48.5 Å². The van der Waals surface area contributed by atoms with E-state index in [1.165, 1.54) is 32.7 Å². The van der Waals surface area contributed by atoms with Crippen LogP contribution in [0.3, 0.4) is 0 Å². The fourth-order valence-electron chi connectivity index (χ4n) is 3.32. The predicted octanol–water partition coefficient (Wildman–Crippen LogP) is 4.22. The molecular formula is C17H14O. The summed E-state index contributed by atoms with van der Waals surface area (Å²) < 4.78 is 5.86. The number of rotatable bonds is 1. The van der Waals surface area contributed by atoms with E-state index in [9.17, 15) is 0 Å². The van der Waals surface area contributed by atoms with Crippen molar-refractivity contribution < 1.29 is 4.74 Å². The molecule has 0 spiro atoms. The second-order valence-corrected chi connectivity index (χ2v) is 5.11. The normalized spacial score (nSPS) is 15.9. The Morgan fingerprint density at radius 2 is 1.28 bits per heavy atom. The summed E-state index contributed by atoms with van der Waals surface area (Å²) in [4.78, 5) is 0. The van der Waals surface area contributed by atoms with E-state index in [-0.39, 0.29) is 5.60 Å². The summed E-state index contributed by atoms with van der Waals surface area (Å²) in [6.45, 7) is 2.16. The molecule has 1 aliphatic rings. The van der Waals surface area contributed by atoms with E-state index in [0.29, 0.717) is 0 Å². The lowest BCUT2D eigenvalue weighted by atomic mass is 9.92. The largest absolute Gasteiger partial charge is 0.369 e. The number of hydrogen-bond acceptors (Lipinski definition) is 1. The van der Waals surface area contributed by atoms with Crippen molar-refractivity contribution in [1.29, 1.82) is 0 Å². The smallest absolute Gasteiger partial charge is 0.116 e. The lowest BCUT2D eigenvalue weighted by Gasteiger charge is -2.25. The zero-order valence-electron chi connectivity index (χ0n) is 10.5. The van der Waals surface area contributed by atoms with E-state index in [1.807, 2.05) is 0 Å². The molecule has 4 rings (SSSR count). The van der Waals surface area contributed by atoms with Gasteiger partial charge in [0.25, 0.3) is 0 Å². The topological polar surface area (TPSA) is 9.23 Å². The van der Waals surface area contributed by atoms with E-state index in [4.69, 9.17) is 4.74 Å². The van der Waals surface area contributed by atoms with Crippen molar-refractivity contribution in [2.75, 3.05) is 7.11 Å². The maximum Gasteiger partial charge on any atom is 0.116 e. The number of methoxy groups -OCH3 is 1. The van der Waals surface area contributed by atoms with Crippen LogP contribution >= 0.6 is 0 Å². The van der Waals surface area contributed by atoms with Crippen molar-refractivity contribution in [3.05, 3.63) is 59.7 Å². The van der Waals surface area contributed by atoms with Gasteiger partial charge >= 0.3 is 0 Å². The fourth-order valence-corrected chi connectivity index (χ4v) is 3.32. The average Bonchev–Trinajstić information content (AvgIpc) is 2.70. The van der Waals surface area contributed by atoms with Crippen molar-refractivity contribution in [3.63, 3.8) is 0 Å². The maximum atomic E-state index is 5.86. The van der Waals surface area contributed by atoms with E-state index in [0.717, 1.165) is 0 Å². The van der Waals surface area contributed by atoms with Crippen LogP contribution in [-0.4, -0.2) is 7.11 Å². The van der Waals surface area contributed by atoms with E-state index >= 15 is 0 Å². The molecule has 0 aliphatic heterocycles. The van der Waals surface area contributed by atoms with E-state index in [1.54, 1.807) is 7.11 Å². The Morgan fingerprint density at radius 1 is 0.778 bits per heavy atom. The Morgan fingerprint density at radius 3 is 1.72 bits per heavy atom. The van der Waals surface area contributed by atoms with E-state index < -0.39 is 0 Å². The SMILES string of the molecule is COC1(C)c2cccc3ccc4cccc1c4c23. The van der Waals surface area contributed by atoms with Gasteiger partial charge in [0.05, 0.1) is 0 Å². The summed E-state index contributed by atoms with van der Waals surface area (Å²) in [6.07, 6.45) is 0. The van der Waals surface area contributed by atoms with Crippen LogP contribution in [0.5, 0.6) is 0 Å². The van der Waals surface area contributed by atoms with Crippen LogP contribution in [0.1, 0.15) is 18.1 Å². The zero-order chi connectivity index (χ0) is 12.3. The minimum atomic E-state index is -0.317. The summed E-state index contributed by atoms with van der Waals surface area (Å²) >= 11 is 0. The fraction of sp³-hybridized carbons (Fsp3) is 0.176. The lowest BCUT2D eigenvalue weighted by molar-refractivity contribution is 0.0435. The van der Waals surface area contributed by atoms with Gasteiger partial charge in [-0.3, -0.25) is 0 Å². The Kier molecular flexibility index (Phi) is 1.75. The maximum absolute atomic E-state index is 5.86. The quantitative estimate of drug-likeness (QED) is 0.573. The van der Waals surface area contributed by atoms with Crippen molar-refractivity contribution in [2.24, 2.45) is 0 Å². The second kappa shape index (κ2) is 3.12. The molecule has 0 heterocycles. The first kappa shape index (κ1) is 10.1. The number of hydrogen-bond donors (Lipinski definition) is 0. The van der Waals surface area contributed by atoms with Crippen molar-refractivity contribution in [2.45, 2.75) is 12.5 Å². The van der Waals surface area contributed by atoms with Crippen molar-refractivity contribution in [1.82, 2.24) is 0 Å². The van der Waals surface area contributed by atoms with Gasteiger partial charge < -0.3 is 4.74 Å². The zero-order valence-corrected chi connectivity index (χ0v) is 10.5. The molecule has 0 N–H and O–H groups in total. The second-order valence-electron chi connectivity index (χ2n) is 5.11. The first-order chi connectivity index (χ1) is 8.75. The van der Waals surface area contributed by atoms with Crippen LogP contribution in [0.15, 0.2) is 48.5 Å². The molecule has 0 radical (unpaired) electrons. The van der Waals surface area contributed by atoms with Crippen LogP contribution in [0, 0.1) is 0 Å². The van der Waals surface area contributed by atoms with Crippen LogP contribution < -0.4 is 0 Å². The number of benzene rings is 3.